The second kappa shape index (κ2) is 36.4. The molecule has 0 radical (unpaired) electrons. The Morgan fingerprint density at radius 1 is 0.614 bits per heavy atom. The van der Waals surface area contributed by atoms with Crippen molar-refractivity contribution in [3.63, 3.8) is 0 Å². The zero-order valence-corrected chi connectivity index (χ0v) is 26.5. The van der Waals surface area contributed by atoms with Crippen LogP contribution < -0.4 is 10.6 Å². The normalized spacial score (nSPS) is 16.6. The molecule has 0 aromatic carbocycles. The van der Waals surface area contributed by atoms with Gasteiger partial charge in [0.25, 0.3) is 11.8 Å². The average molecular weight is 667 g/mol. The molecule has 2 atom stereocenters. The monoisotopic (exact) mass is 666 g/mol. The van der Waals surface area contributed by atoms with Gasteiger partial charge in [0, 0.05) is 50.9 Å². The number of pyridine rings is 2. The molecule has 2 aromatic rings. The minimum Gasteiger partial charge on any atom is 3.00 e. The number of amides is 2. The van der Waals surface area contributed by atoms with E-state index < -0.39 is 0 Å². The molecule has 2 aromatic heterocycles. The first-order chi connectivity index (χ1) is 20.7. The number of hydrogen-bond donors (Lipinski definition) is 2. The van der Waals surface area contributed by atoms with Gasteiger partial charge in [0.1, 0.15) is 11.4 Å². The van der Waals surface area contributed by atoms with E-state index in [0.717, 1.165) is 52.1 Å². The van der Waals surface area contributed by atoms with Crippen LogP contribution in [0.3, 0.4) is 0 Å². The Balaban J connectivity index is -0.000000330. The summed E-state index contributed by atoms with van der Waals surface area (Å²) in [4.78, 5) is 32.8. The summed E-state index contributed by atoms with van der Waals surface area (Å²) in [6, 6.07) is 10.3. The fraction of sp³-hybridized carbons (Fsp3) is 0.467. The second-order valence-corrected chi connectivity index (χ2v) is 8.51. The van der Waals surface area contributed by atoms with Gasteiger partial charge in [0.15, 0.2) is 0 Å². The fourth-order valence-corrected chi connectivity index (χ4v) is 3.98. The summed E-state index contributed by atoms with van der Waals surface area (Å²) in [5.41, 5.74) is 0.774. The minimum atomic E-state index is -0.209. The Kier molecular flexibility index (Phi) is 39.7. The van der Waals surface area contributed by atoms with Crippen LogP contribution in [-0.4, -0.2) is 77.7 Å². The van der Waals surface area contributed by atoms with Crippen molar-refractivity contribution < 1.29 is 54.5 Å². The molecule has 4 heterocycles. The number of hydrogen-bond acceptors (Lipinski definition) is 6. The number of aromatic nitrogens is 2. The van der Waals surface area contributed by atoms with Crippen LogP contribution in [0.2, 0.25) is 0 Å². The van der Waals surface area contributed by atoms with E-state index in [9.17, 15) is 9.59 Å². The summed E-state index contributed by atoms with van der Waals surface area (Å²) in [5.74, 6) is -0.417. The van der Waals surface area contributed by atoms with Crippen LogP contribution in [0.25, 0.3) is 0 Å². The van der Waals surface area contributed by atoms with E-state index in [1.54, 1.807) is 48.8 Å². The zero-order valence-electron chi connectivity index (χ0n) is 24.3. The Labute approximate surface area is 280 Å². The number of rotatable bonds is 4. The molecule has 12 nitrogen and oxygen atoms in total. The molecule has 14 heteroatoms. The van der Waals surface area contributed by atoms with Crippen molar-refractivity contribution in [3.05, 3.63) is 86.8 Å². The SMILES string of the molecule is C1CCOC1.C1CCOC1.O=C(NC1CCCCC1NC(=O)c1ccccn1)c1ccccn1.[Al+3].[C-]#[O+].[C-]#[O+].[C-]#[O+].[C-]#[O+].[Co+3]. The van der Waals surface area contributed by atoms with E-state index in [1.807, 2.05) is 0 Å². The Hall–Kier alpha value is -2.84. The second-order valence-electron chi connectivity index (χ2n) is 8.51. The van der Waals surface area contributed by atoms with Gasteiger partial charge in [-0.25, -0.2) is 0 Å². The summed E-state index contributed by atoms with van der Waals surface area (Å²) in [6.07, 6.45) is 12.0. The molecule has 1 aliphatic carbocycles. The van der Waals surface area contributed by atoms with Crippen LogP contribution in [0.1, 0.15) is 72.3 Å². The largest absolute Gasteiger partial charge is 3.00 e. The minimum absolute atomic E-state index is 0. The molecule has 2 N–H and O–H groups in total. The molecule has 1 saturated carbocycles. The first kappa shape index (κ1) is 48.1. The van der Waals surface area contributed by atoms with Gasteiger partial charge in [-0.15, -0.1) is 0 Å². The van der Waals surface area contributed by atoms with E-state index in [1.165, 1.54) is 25.7 Å². The molecule has 3 aliphatic rings. The smallest absolute Gasteiger partial charge is 3.00 e. The topological polar surface area (TPSA) is 182 Å². The van der Waals surface area contributed by atoms with Crippen molar-refractivity contribution >= 4 is 29.2 Å². The molecule has 44 heavy (non-hydrogen) atoms. The summed E-state index contributed by atoms with van der Waals surface area (Å²) < 4.78 is 39.9. The zero-order chi connectivity index (χ0) is 31.8. The Morgan fingerprint density at radius 3 is 1.16 bits per heavy atom. The molecule has 2 amide bonds. The molecular formula is C30H36AlCoN4O8+6. The Bertz CT molecular complexity index is 924. The fourth-order valence-electron chi connectivity index (χ4n) is 3.98. The maximum Gasteiger partial charge on any atom is 3.00 e. The van der Waals surface area contributed by atoms with E-state index in [4.69, 9.17) is 28.1 Å². The predicted octanol–water partition coefficient (Wildman–Crippen LogP) is 3.01. The maximum absolute atomic E-state index is 12.3. The van der Waals surface area contributed by atoms with Crippen molar-refractivity contribution in [3.8, 4) is 0 Å². The van der Waals surface area contributed by atoms with Crippen molar-refractivity contribution in [2.24, 2.45) is 0 Å². The summed E-state index contributed by atoms with van der Waals surface area (Å²) >= 11 is 0. The summed E-state index contributed by atoms with van der Waals surface area (Å²) in [5, 5.41) is 6.01. The van der Waals surface area contributed by atoms with Gasteiger partial charge in [-0.05, 0) is 62.8 Å². The maximum atomic E-state index is 12.3. The molecule has 0 bridgehead atoms. The average Bonchev–Trinajstić information content (AvgIpc) is 3.87. The number of carbonyl (C=O) groups excluding carboxylic acids is 2. The third kappa shape index (κ3) is 22.7. The first-order valence-corrected chi connectivity index (χ1v) is 13.1. The summed E-state index contributed by atoms with van der Waals surface area (Å²) in [7, 11) is 0. The van der Waals surface area contributed by atoms with Crippen molar-refractivity contribution in [2.75, 3.05) is 26.4 Å². The van der Waals surface area contributed by atoms with Gasteiger partial charge < -0.3 is 20.1 Å². The van der Waals surface area contributed by atoms with Crippen LogP contribution in [0.5, 0.6) is 0 Å². The van der Waals surface area contributed by atoms with E-state index in [0.29, 0.717) is 11.4 Å². The third-order valence-corrected chi connectivity index (χ3v) is 5.85. The number of carbonyl (C=O) groups is 2. The van der Waals surface area contributed by atoms with Crippen LogP contribution in [-0.2, 0) is 44.9 Å². The van der Waals surface area contributed by atoms with E-state index in [-0.39, 0.29) is 58.0 Å². The van der Waals surface area contributed by atoms with Crippen molar-refractivity contribution in [1.82, 2.24) is 20.6 Å². The molecule has 2 unspecified atom stereocenters. The standard InChI is InChI=1S/C18H20N4O2.2C4H8O.4CO.Al.Co/c23-17(15-9-3-5-11-19-15)21-13-7-1-2-8-14(13)22-18(24)16-10-4-6-12-20-16;2*1-2-4-5-3-1;4*1-2;;/h3-6,9-14H,1-2,7-8H2,(H,21,23)(H,22,24);2*1-4H2;;;;;;/q;;;;;;;2*+3. The van der Waals surface area contributed by atoms with E-state index >= 15 is 0 Å². The predicted molar refractivity (Wildman–Crippen MR) is 151 cm³/mol. The number of ether oxygens (including phenoxy) is 2. The van der Waals surface area contributed by atoms with Crippen LogP contribution in [0.4, 0.5) is 0 Å². The molecular weight excluding hydrogens is 630 g/mol. The van der Waals surface area contributed by atoms with Crippen molar-refractivity contribution in [2.45, 2.75) is 63.5 Å². The molecule has 3 fully saturated rings. The van der Waals surface area contributed by atoms with Gasteiger partial charge in [0.05, 0.1) is 0 Å². The van der Waals surface area contributed by atoms with Crippen molar-refractivity contribution in [1.29, 1.82) is 0 Å². The van der Waals surface area contributed by atoms with Gasteiger partial charge >= 0.3 is 79.4 Å². The van der Waals surface area contributed by atoms with Crippen LogP contribution in [0.15, 0.2) is 48.8 Å². The molecule has 2 saturated heterocycles. The molecule has 0 spiro atoms. The number of nitrogens with one attached hydrogen (secondary N) is 2. The third-order valence-electron chi connectivity index (χ3n) is 5.85. The van der Waals surface area contributed by atoms with Crippen LogP contribution in [0, 0.1) is 26.6 Å². The molecule has 2 aliphatic heterocycles. The quantitative estimate of drug-likeness (QED) is 0.287. The van der Waals surface area contributed by atoms with Crippen LogP contribution >= 0.6 is 0 Å². The molecule has 5 rings (SSSR count). The number of nitrogens with zero attached hydrogens (tertiary/aromatic N) is 2. The van der Waals surface area contributed by atoms with Gasteiger partial charge in [-0.1, -0.05) is 25.0 Å². The van der Waals surface area contributed by atoms with Gasteiger partial charge in [0.2, 0.25) is 0 Å². The van der Waals surface area contributed by atoms with Gasteiger partial charge in [-0.3, -0.25) is 19.6 Å². The summed E-state index contributed by atoms with van der Waals surface area (Å²) in [6.45, 7) is 22.0. The van der Waals surface area contributed by atoms with Gasteiger partial charge in [-0.2, -0.15) is 0 Å². The van der Waals surface area contributed by atoms with E-state index in [2.05, 4.69) is 47.2 Å². The Morgan fingerprint density at radius 2 is 0.932 bits per heavy atom. The first-order valence-electron chi connectivity index (χ1n) is 13.1. The molecule has 230 valence electrons.